The number of rotatable bonds is 3. The van der Waals surface area contributed by atoms with Crippen molar-refractivity contribution < 1.29 is 9.53 Å². The largest absolute Gasteiger partial charge is 0.381 e. The average Bonchev–Trinajstić information content (AvgIpc) is 2.06. The Morgan fingerprint density at radius 3 is 2.58 bits per heavy atom. The molecule has 0 unspecified atom stereocenters. The van der Waals surface area contributed by atoms with Gasteiger partial charge in [0.2, 0.25) is 5.91 Å². The van der Waals surface area contributed by atoms with Gasteiger partial charge in [0.05, 0.1) is 0 Å². The number of nitrogens with one attached hydrogen (secondary N) is 1. The molecule has 12 heavy (non-hydrogen) atoms. The molecule has 1 fully saturated rings. The predicted octanol–water partition coefficient (Wildman–Crippen LogP) is -0.370. The lowest BCUT2D eigenvalue weighted by molar-refractivity contribution is -0.128. The van der Waals surface area contributed by atoms with Gasteiger partial charge in [-0.25, -0.2) is 0 Å². The number of carbonyl (C=O) groups excluding carboxylic acids is 1. The molecular formula is C8H16N2O2. The lowest BCUT2D eigenvalue weighted by Gasteiger charge is -2.34. The summed E-state index contributed by atoms with van der Waals surface area (Å²) in [5.74, 6) is -0.257. The molecule has 0 atom stereocenters. The third kappa shape index (κ3) is 1.76. The first-order valence-corrected chi connectivity index (χ1v) is 4.34. The fourth-order valence-corrected chi connectivity index (χ4v) is 1.57. The molecule has 1 aliphatic heterocycles. The number of carbonyl (C=O) groups is 1. The molecule has 70 valence electrons. The fraction of sp³-hybridized carbons (Fsp3) is 0.875. The molecule has 0 aromatic heterocycles. The van der Waals surface area contributed by atoms with Gasteiger partial charge in [-0.1, -0.05) is 6.92 Å². The van der Waals surface area contributed by atoms with Crippen LogP contribution in [-0.2, 0) is 9.53 Å². The molecular weight excluding hydrogens is 156 g/mol. The molecule has 3 N–H and O–H groups in total. The Morgan fingerprint density at radius 1 is 1.58 bits per heavy atom. The van der Waals surface area contributed by atoms with Crippen LogP contribution >= 0.6 is 0 Å². The Bertz CT molecular complexity index is 159. The number of hydrogen-bond acceptors (Lipinski definition) is 3. The van der Waals surface area contributed by atoms with Crippen LogP contribution in [0.25, 0.3) is 0 Å². The zero-order chi connectivity index (χ0) is 9.03. The summed E-state index contributed by atoms with van der Waals surface area (Å²) in [6, 6.07) is 0. The zero-order valence-electron chi connectivity index (χ0n) is 7.43. The first kappa shape index (κ1) is 9.48. The van der Waals surface area contributed by atoms with E-state index >= 15 is 0 Å². The Labute approximate surface area is 72.5 Å². The van der Waals surface area contributed by atoms with E-state index < -0.39 is 5.54 Å². The van der Waals surface area contributed by atoms with E-state index in [0.29, 0.717) is 26.1 Å². The summed E-state index contributed by atoms with van der Waals surface area (Å²) >= 11 is 0. The molecule has 0 saturated carbocycles. The average molecular weight is 172 g/mol. The van der Waals surface area contributed by atoms with Crippen LogP contribution in [-0.4, -0.2) is 31.2 Å². The highest BCUT2D eigenvalue weighted by molar-refractivity contribution is 5.84. The Hall–Kier alpha value is -0.610. The predicted molar refractivity (Wildman–Crippen MR) is 45.7 cm³/mol. The van der Waals surface area contributed by atoms with Gasteiger partial charge in [0.25, 0.3) is 0 Å². The van der Waals surface area contributed by atoms with Crippen LogP contribution < -0.4 is 11.1 Å². The molecule has 1 rings (SSSR count). The highest BCUT2D eigenvalue weighted by atomic mass is 16.5. The van der Waals surface area contributed by atoms with E-state index in [4.69, 9.17) is 10.5 Å². The van der Waals surface area contributed by atoms with Gasteiger partial charge in [0.1, 0.15) is 5.54 Å². The van der Waals surface area contributed by atoms with Gasteiger partial charge < -0.3 is 15.8 Å². The molecule has 0 spiro atoms. The second-order valence-electron chi connectivity index (χ2n) is 3.09. The Balaban J connectivity index is 2.63. The highest BCUT2D eigenvalue weighted by Gasteiger charge is 2.37. The number of amides is 1. The Morgan fingerprint density at radius 2 is 2.17 bits per heavy atom. The van der Waals surface area contributed by atoms with E-state index in [-0.39, 0.29) is 5.91 Å². The standard InChI is InChI=1S/C8H16N2O2/c1-2-10-8(7(9)11)3-5-12-6-4-8/h10H,2-6H2,1H3,(H2,9,11). The summed E-state index contributed by atoms with van der Waals surface area (Å²) in [4.78, 5) is 11.2. The minimum Gasteiger partial charge on any atom is -0.381 e. The zero-order valence-corrected chi connectivity index (χ0v) is 7.43. The van der Waals surface area contributed by atoms with E-state index in [0.717, 1.165) is 6.54 Å². The van der Waals surface area contributed by atoms with Crippen LogP contribution in [0.2, 0.25) is 0 Å². The minimum atomic E-state index is -0.507. The minimum absolute atomic E-state index is 0.257. The number of nitrogens with two attached hydrogens (primary N) is 1. The van der Waals surface area contributed by atoms with Crippen molar-refractivity contribution >= 4 is 5.91 Å². The van der Waals surface area contributed by atoms with Crippen molar-refractivity contribution in [2.45, 2.75) is 25.3 Å². The molecule has 0 aromatic rings. The van der Waals surface area contributed by atoms with Gasteiger partial charge >= 0.3 is 0 Å². The van der Waals surface area contributed by atoms with Crippen molar-refractivity contribution in [2.75, 3.05) is 19.8 Å². The van der Waals surface area contributed by atoms with Crippen molar-refractivity contribution in [1.82, 2.24) is 5.32 Å². The number of ether oxygens (including phenoxy) is 1. The van der Waals surface area contributed by atoms with Crippen LogP contribution in [0.15, 0.2) is 0 Å². The van der Waals surface area contributed by atoms with Gasteiger partial charge in [0, 0.05) is 13.2 Å². The molecule has 0 aromatic carbocycles. The summed E-state index contributed by atoms with van der Waals surface area (Å²) in [7, 11) is 0. The second kappa shape index (κ2) is 3.87. The lowest BCUT2D eigenvalue weighted by atomic mass is 9.89. The van der Waals surface area contributed by atoms with Gasteiger partial charge in [-0.3, -0.25) is 4.79 Å². The highest BCUT2D eigenvalue weighted by Crippen LogP contribution is 2.19. The van der Waals surface area contributed by atoms with E-state index in [1.54, 1.807) is 0 Å². The lowest BCUT2D eigenvalue weighted by Crippen LogP contribution is -2.58. The molecule has 1 aliphatic rings. The molecule has 0 bridgehead atoms. The maximum atomic E-state index is 11.2. The molecule has 1 amide bonds. The van der Waals surface area contributed by atoms with Crippen molar-refractivity contribution in [3.8, 4) is 0 Å². The molecule has 4 nitrogen and oxygen atoms in total. The van der Waals surface area contributed by atoms with Crippen LogP contribution in [0.3, 0.4) is 0 Å². The smallest absolute Gasteiger partial charge is 0.237 e. The molecule has 0 radical (unpaired) electrons. The first-order chi connectivity index (χ1) is 5.71. The fourth-order valence-electron chi connectivity index (χ4n) is 1.57. The second-order valence-corrected chi connectivity index (χ2v) is 3.09. The molecule has 4 heteroatoms. The molecule has 1 saturated heterocycles. The third-order valence-electron chi connectivity index (χ3n) is 2.33. The van der Waals surface area contributed by atoms with E-state index in [1.165, 1.54) is 0 Å². The van der Waals surface area contributed by atoms with Gasteiger partial charge in [-0.05, 0) is 19.4 Å². The normalized spacial score (nSPS) is 22.1. The molecule has 1 heterocycles. The van der Waals surface area contributed by atoms with E-state index in [9.17, 15) is 4.79 Å². The maximum absolute atomic E-state index is 11.2. The third-order valence-corrected chi connectivity index (χ3v) is 2.33. The van der Waals surface area contributed by atoms with E-state index in [2.05, 4.69) is 5.32 Å². The monoisotopic (exact) mass is 172 g/mol. The quantitative estimate of drug-likeness (QED) is 0.610. The van der Waals surface area contributed by atoms with Crippen molar-refractivity contribution in [3.05, 3.63) is 0 Å². The topological polar surface area (TPSA) is 64.3 Å². The summed E-state index contributed by atoms with van der Waals surface area (Å²) in [5, 5.41) is 3.14. The van der Waals surface area contributed by atoms with Crippen LogP contribution in [0.4, 0.5) is 0 Å². The van der Waals surface area contributed by atoms with Crippen molar-refractivity contribution in [1.29, 1.82) is 0 Å². The number of primary amides is 1. The van der Waals surface area contributed by atoms with Crippen LogP contribution in [0, 0.1) is 0 Å². The van der Waals surface area contributed by atoms with Crippen molar-refractivity contribution in [3.63, 3.8) is 0 Å². The van der Waals surface area contributed by atoms with Gasteiger partial charge in [0.15, 0.2) is 0 Å². The maximum Gasteiger partial charge on any atom is 0.237 e. The SMILES string of the molecule is CCNC1(C(N)=O)CCOCC1. The van der Waals surface area contributed by atoms with Crippen molar-refractivity contribution in [2.24, 2.45) is 5.73 Å². The summed E-state index contributed by atoms with van der Waals surface area (Å²) < 4.78 is 5.17. The summed E-state index contributed by atoms with van der Waals surface area (Å²) in [6.07, 6.45) is 1.38. The summed E-state index contributed by atoms with van der Waals surface area (Å²) in [6.45, 7) is 3.98. The van der Waals surface area contributed by atoms with Crippen LogP contribution in [0.1, 0.15) is 19.8 Å². The number of likely N-dealkylation sites (N-methyl/N-ethyl adjacent to an activating group) is 1. The summed E-state index contributed by atoms with van der Waals surface area (Å²) in [5.41, 5.74) is 4.82. The molecule has 0 aliphatic carbocycles. The first-order valence-electron chi connectivity index (χ1n) is 4.34. The Kier molecular flexibility index (Phi) is 3.05. The van der Waals surface area contributed by atoms with Gasteiger partial charge in [-0.15, -0.1) is 0 Å². The number of hydrogen-bond donors (Lipinski definition) is 2. The van der Waals surface area contributed by atoms with Gasteiger partial charge in [-0.2, -0.15) is 0 Å². The van der Waals surface area contributed by atoms with E-state index in [1.807, 2.05) is 6.92 Å². The van der Waals surface area contributed by atoms with Crippen LogP contribution in [0.5, 0.6) is 0 Å².